The topological polar surface area (TPSA) is 94.4 Å². The summed E-state index contributed by atoms with van der Waals surface area (Å²) in [6, 6.07) is 16.9. The number of tetrazole rings is 1. The van der Waals surface area contributed by atoms with Crippen LogP contribution in [0.3, 0.4) is 0 Å². The predicted octanol–water partition coefficient (Wildman–Crippen LogP) is 3.69. The molecule has 0 aliphatic rings. The summed E-state index contributed by atoms with van der Waals surface area (Å²) in [4.78, 5) is 4.55. The molecule has 2 aromatic carbocycles. The fourth-order valence-corrected chi connectivity index (χ4v) is 3.21. The molecular weight excluding hydrogens is 378 g/mol. The lowest BCUT2D eigenvalue weighted by Crippen LogP contribution is -2.05. The lowest BCUT2D eigenvalue weighted by atomic mass is 9.98. The summed E-state index contributed by atoms with van der Waals surface area (Å²) in [6.45, 7) is 5.13. The number of nitrogens with zero attached hydrogens (tertiary/aromatic N) is 6. The number of allylic oxidation sites excluding steroid dienone is 2. The smallest absolute Gasteiger partial charge is 0.335 e. The zero-order chi connectivity index (χ0) is 20.8. The van der Waals surface area contributed by atoms with Crippen molar-refractivity contribution in [2.75, 3.05) is 6.61 Å². The van der Waals surface area contributed by atoms with Gasteiger partial charge in [0.25, 0.3) is 0 Å². The fourth-order valence-electron chi connectivity index (χ4n) is 3.21. The van der Waals surface area contributed by atoms with Gasteiger partial charge in [-0.05, 0) is 35.8 Å². The largest absolute Gasteiger partial charge is 0.463 e. The van der Waals surface area contributed by atoms with Crippen LogP contribution in [0.1, 0.15) is 25.2 Å². The maximum atomic E-state index is 5.48. The lowest BCUT2D eigenvalue weighted by Gasteiger charge is -2.08. The van der Waals surface area contributed by atoms with E-state index in [1.807, 2.05) is 48.9 Å². The standard InChI is InChI=1S/C22H23N7O/c1-3-5-14-29-20(23-22(26-29)30-4-2)15-16-10-12-17(13-11-16)18-8-6-7-9-19(18)21-24-27-28-25-21/h3,5-13H,4,14-15H2,1-2H3,(H,24,25,27,28). The third-order valence-corrected chi connectivity index (χ3v) is 4.66. The Morgan fingerprint density at radius 2 is 1.87 bits per heavy atom. The van der Waals surface area contributed by atoms with Gasteiger partial charge in [-0.3, -0.25) is 0 Å². The summed E-state index contributed by atoms with van der Waals surface area (Å²) < 4.78 is 7.36. The monoisotopic (exact) mass is 401 g/mol. The van der Waals surface area contributed by atoms with Gasteiger partial charge in [0.1, 0.15) is 5.82 Å². The Labute approximate surface area is 174 Å². The Hall–Kier alpha value is -3.81. The van der Waals surface area contributed by atoms with Gasteiger partial charge in [-0.2, -0.15) is 10.2 Å². The number of hydrogen-bond acceptors (Lipinski definition) is 6. The Morgan fingerprint density at radius 3 is 2.57 bits per heavy atom. The Kier molecular flexibility index (Phi) is 5.93. The summed E-state index contributed by atoms with van der Waals surface area (Å²) in [5.74, 6) is 1.45. The third-order valence-electron chi connectivity index (χ3n) is 4.66. The molecule has 4 rings (SSSR count). The normalized spacial score (nSPS) is 11.3. The van der Waals surface area contributed by atoms with E-state index in [0.29, 0.717) is 31.4 Å². The first-order valence-corrected chi connectivity index (χ1v) is 9.88. The first-order chi connectivity index (χ1) is 14.8. The highest BCUT2D eigenvalue weighted by Crippen LogP contribution is 2.30. The van der Waals surface area contributed by atoms with Crippen LogP contribution in [0.2, 0.25) is 0 Å². The summed E-state index contributed by atoms with van der Waals surface area (Å²) in [5.41, 5.74) is 4.23. The maximum absolute atomic E-state index is 5.48. The van der Waals surface area contributed by atoms with Gasteiger partial charge in [0, 0.05) is 12.0 Å². The van der Waals surface area contributed by atoms with E-state index < -0.39 is 0 Å². The first-order valence-electron chi connectivity index (χ1n) is 9.88. The molecule has 8 nitrogen and oxygen atoms in total. The number of aromatic nitrogens is 7. The van der Waals surface area contributed by atoms with E-state index in [4.69, 9.17) is 4.74 Å². The van der Waals surface area contributed by atoms with Gasteiger partial charge in [0.2, 0.25) is 5.82 Å². The summed E-state index contributed by atoms with van der Waals surface area (Å²) in [5, 5.41) is 18.9. The van der Waals surface area contributed by atoms with Crippen LogP contribution >= 0.6 is 0 Å². The second-order valence-electron chi connectivity index (χ2n) is 6.65. The molecule has 0 atom stereocenters. The Morgan fingerprint density at radius 1 is 1.07 bits per heavy atom. The van der Waals surface area contributed by atoms with E-state index in [0.717, 1.165) is 28.1 Å². The van der Waals surface area contributed by atoms with Crippen LogP contribution in [0.25, 0.3) is 22.5 Å². The molecule has 0 amide bonds. The van der Waals surface area contributed by atoms with E-state index in [9.17, 15) is 0 Å². The van der Waals surface area contributed by atoms with Crippen molar-refractivity contribution in [1.82, 2.24) is 35.4 Å². The van der Waals surface area contributed by atoms with E-state index in [1.54, 1.807) is 0 Å². The van der Waals surface area contributed by atoms with Gasteiger partial charge < -0.3 is 4.74 Å². The number of hydrogen-bond donors (Lipinski definition) is 1. The third kappa shape index (κ3) is 4.27. The van der Waals surface area contributed by atoms with Gasteiger partial charge in [0.15, 0.2) is 0 Å². The highest BCUT2D eigenvalue weighted by Gasteiger charge is 2.13. The number of H-pyrrole nitrogens is 1. The van der Waals surface area contributed by atoms with Crippen molar-refractivity contribution in [2.24, 2.45) is 0 Å². The van der Waals surface area contributed by atoms with E-state index in [-0.39, 0.29) is 0 Å². The van der Waals surface area contributed by atoms with Crippen LogP contribution in [0, 0.1) is 0 Å². The molecule has 0 saturated heterocycles. The molecular formula is C22H23N7O. The van der Waals surface area contributed by atoms with E-state index >= 15 is 0 Å². The Balaban J connectivity index is 1.59. The average molecular weight is 401 g/mol. The van der Waals surface area contributed by atoms with Crippen molar-refractivity contribution in [2.45, 2.75) is 26.8 Å². The molecule has 30 heavy (non-hydrogen) atoms. The quantitative estimate of drug-likeness (QED) is 0.453. The summed E-state index contributed by atoms with van der Waals surface area (Å²) in [6.07, 6.45) is 4.72. The molecule has 0 spiro atoms. The van der Waals surface area contributed by atoms with Crippen LogP contribution in [-0.4, -0.2) is 42.0 Å². The summed E-state index contributed by atoms with van der Waals surface area (Å²) >= 11 is 0. The van der Waals surface area contributed by atoms with Crippen molar-refractivity contribution < 1.29 is 4.74 Å². The Bertz CT molecular complexity index is 1110. The average Bonchev–Trinajstić information content (AvgIpc) is 3.44. The number of aromatic amines is 1. The van der Waals surface area contributed by atoms with Crippen LogP contribution in [0.4, 0.5) is 0 Å². The number of rotatable bonds is 8. The molecule has 0 aliphatic heterocycles. The minimum absolute atomic E-state index is 0.419. The van der Waals surface area contributed by atoms with Gasteiger partial charge in [0.05, 0.1) is 13.2 Å². The molecule has 0 radical (unpaired) electrons. The molecule has 0 fully saturated rings. The maximum Gasteiger partial charge on any atom is 0.335 e. The molecule has 0 aliphatic carbocycles. The van der Waals surface area contributed by atoms with Gasteiger partial charge in [-0.25, -0.2) is 4.68 Å². The fraction of sp³-hybridized carbons (Fsp3) is 0.227. The molecule has 152 valence electrons. The van der Waals surface area contributed by atoms with Crippen molar-refractivity contribution in [3.8, 4) is 28.5 Å². The number of nitrogens with one attached hydrogen (secondary N) is 1. The SMILES string of the molecule is CC=CCn1nc(OCC)nc1Cc1ccc(-c2ccccc2-c2nn[nH]n2)cc1. The van der Waals surface area contributed by atoms with E-state index in [1.165, 1.54) is 0 Å². The zero-order valence-corrected chi connectivity index (χ0v) is 17.0. The highest BCUT2D eigenvalue weighted by atomic mass is 16.5. The molecule has 2 heterocycles. The van der Waals surface area contributed by atoms with Crippen molar-refractivity contribution in [3.63, 3.8) is 0 Å². The summed E-state index contributed by atoms with van der Waals surface area (Å²) in [7, 11) is 0. The van der Waals surface area contributed by atoms with Gasteiger partial charge in [-0.1, -0.05) is 60.7 Å². The minimum Gasteiger partial charge on any atom is -0.463 e. The predicted molar refractivity (Wildman–Crippen MR) is 114 cm³/mol. The zero-order valence-electron chi connectivity index (χ0n) is 17.0. The minimum atomic E-state index is 0.419. The van der Waals surface area contributed by atoms with Crippen LogP contribution in [-0.2, 0) is 13.0 Å². The number of benzene rings is 2. The molecule has 8 heteroatoms. The van der Waals surface area contributed by atoms with Crippen molar-refractivity contribution in [1.29, 1.82) is 0 Å². The van der Waals surface area contributed by atoms with Gasteiger partial charge in [-0.15, -0.1) is 15.3 Å². The molecule has 1 N–H and O–H groups in total. The van der Waals surface area contributed by atoms with Gasteiger partial charge >= 0.3 is 6.01 Å². The first kappa shape index (κ1) is 19.5. The molecule has 4 aromatic rings. The highest BCUT2D eigenvalue weighted by molar-refractivity contribution is 5.80. The second-order valence-corrected chi connectivity index (χ2v) is 6.65. The second kappa shape index (κ2) is 9.13. The van der Waals surface area contributed by atoms with Crippen LogP contribution in [0.15, 0.2) is 60.7 Å². The number of ether oxygens (including phenoxy) is 1. The van der Waals surface area contributed by atoms with Crippen LogP contribution in [0.5, 0.6) is 6.01 Å². The molecule has 0 bridgehead atoms. The van der Waals surface area contributed by atoms with Crippen LogP contribution < -0.4 is 4.74 Å². The van der Waals surface area contributed by atoms with E-state index in [2.05, 4.69) is 61.0 Å². The van der Waals surface area contributed by atoms with Crippen molar-refractivity contribution in [3.05, 3.63) is 72.1 Å². The van der Waals surface area contributed by atoms with Crippen molar-refractivity contribution >= 4 is 0 Å². The lowest BCUT2D eigenvalue weighted by molar-refractivity contribution is 0.311. The molecule has 0 unspecified atom stereocenters. The molecule has 0 saturated carbocycles. The molecule has 2 aromatic heterocycles.